The van der Waals surface area contributed by atoms with Crippen LogP contribution >= 0.6 is 0 Å². The van der Waals surface area contributed by atoms with Crippen molar-refractivity contribution in [2.45, 2.75) is 80.7 Å². The molecule has 18 heavy (non-hydrogen) atoms. The average molecular weight is 253 g/mol. The fourth-order valence-electron chi connectivity index (χ4n) is 3.75. The first-order valence-electron chi connectivity index (χ1n) is 7.77. The van der Waals surface area contributed by atoms with Crippen LogP contribution in [0.2, 0.25) is 0 Å². The predicted octanol–water partition coefficient (Wildman–Crippen LogP) is 4.86. The van der Waals surface area contributed by atoms with E-state index in [0.29, 0.717) is 22.3 Å². The van der Waals surface area contributed by atoms with Crippen molar-refractivity contribution in [2.24, 2.45) is 22.2 Å². The van der Waals surface area contributed by atoms with Crippen molar-refractivity contribution in [1.82, 2.24) is 5.32 Å². The van der Waals surface area contributed by atoms with E-state index in [1.165, 1.54) is 19.3 Å². The van der Waals surface area contributed by atoms with E-state index in [4.69, 9.17) is 0 Å². The summed E-state index contributed by atoms with van der Waals surface area (Å²) in [7, 11) is 0. The van der Waals surface area contributed by atoms with Gasteiger partial charge in [0.15, 0.2) is 0 Å². The summed E-state index contributed by atoms with van der Waals surface area (Å²) in [5.74, 6) is 0.838. The minimum Gasteiger partial charge on any atom is -0.314 e. The SMILES string of the molecule is CCNC(CCCC(C)(C)C)C1C(C)(C)C1(C)C. The molecule has 1 heteroatoms. The predicted molar refractivity (Wildman–Crippen MR) is 81.8 cm³/mol. The zero-order valence-electron chi connectivity index (χ0n) is 14.0. The van der Waals surface area contributed by atoms with Crippen LogP contribution in [0.4, 0.5) is 0 Å². The Morgan fingerprint density at radius 1 is 1.06 bits per heavy atom. The van der Waals surface area contributed by atoms with Crippen LogP contribution in [0.1, 0.15) is 74.7 Å². The number of rotatable bonds is 6. The van der Waals surface area contributed by atoms with Crippen LogP contribution in [0.15, 0.2) is 0 Å². The van der Waals surface area contributed by atoms with Crippen LogP contribution in [-0.2, 0) is 0 Å². The highest BCUT2D eigenvalue weighted by molar-refractivity contribution is 5.16. The smallest absolute Gasteiger partial charge is 0.0106 e. The molecule has 0 aromatic rings. The van der Waals surface area contributed by atoms with Crippen molar-refractivity contribution in [2.75, 3.05) is 6.54 Å². The molecule has 0 heterocycles. The molecule has 0 saturated heterocycles. The molecule has 0 aromatic carbocycles. The van der Waals surface area contributed by atoms with E-state index < -0.39 is 0 Å². The average Bonchev–Trinajstić information content (AvgIpc) is 2.54. The van der Waals surface area contributed by atoms with E-state index in [-0.39, 0.29) is 0 Å². The Balaban J connectivity index is 2.53. The first-order chi connectivity index (χ1) is 8.04. The van der Waals surface area contributed by atoms with Crippen molar-refractivity contribution in [1.29, 1.82) is 0 Å². The second-order valence-electron chi connectivity index (χ2n) is 8.54. The molecule has 1 N–H and O–H groups in total. The Bertz CT molecular complexity index is 256. The zero-order valence-corrected chi connectivity index (χ0v) is 14.0. The van der Waals surface area contributed by atoms with Crippen molar-refractivity contribution < 1.29 is 0 Å². The molecule has 0 bridgehead atoms. The zero-order chi connectivity index (χ0) is 14.2. The van der Waals surface area contributed by atoms with Gasteiger partial charge in [-0.25, -0.2) is 0 Å². The first-order valence-corrected chi connectivity index (χ1v) is 7.77. The van der Waals surface area contributed by atoms with E-state index in [0.717, 1.165) is 12.5 Å². The van der Waals surface area contributed by atoms with E-state index in [1.54, 1.807) is 0 Å². The number of hydrogen-bond donors (Lipinski definition) is 1. The van der Waals surface area contributed by atoms with E-state index in [9.17, 15) is 0 Å². The Kier molecular flexibility index (Phi) is 4.58. The minimum atomic E-state index is 0.478. The quantitative estimate of drug-likeness (QED) is 0.712. The molecule has 1 rings (SSSR count). The maximum atomic E-state index is 3.74. The third kappa shape index (κ3) is 3.29. The molecule has 1 atom stereocenters. The fourth-order valence-corrected chi connectivity index (χ4v) is 3.75. The largest absolute Gasteiger partial charge is 0.314 e. The van der Waals surface area contributed by atoms with Gasteiger partial charge in [-0.2, -0.15) is 0 Å². The summed E-state index contributed by atoms with van der Waals surface area (Å²) < 4.78 is 0. The molecule has 1 saturated carbocycles. The highest BCUT2D eigenvalue weighted by atomic mass is 15.0. The van der Waals surface area contributed by atoms with Crippen molar-refractivity contribution >= 4 is 0 Å². The lowest BCUT2D eigenvalue weighted by atomic mass is 9.87. The van der Waals surface area contributed by atoms with E-state index in [1.807, 2.05) is 0 Å². The van der Waals surface area contributed by atoms with Gasteiger partial charge < -0.3 is 5.32 Å². The van der Waals surface area contributed by atoms with Crippen LogP contribution in [0, 0.1) is 22.2 Å². The van der Waals surface area contributed by atoms with Crippen LogP contribution < -0.4 is 5.32 Å². The molecular formula is C17H35N. The van der Waals surface area contributed by atoms with Gasteiger partial charge in [-0.05, 0) is 41.5 Å². The third-order valence-electron chi connectivity index (χ3n) is 5.44. The lowest BCUT2D eigenvalue weighted by Crippen LogP contribution is -2.33. The van der Waals surface area contributed by atoms with Crippen molar-refractivity contribution in [3.8, 4) is 0 Å². The van der Waals surface area contributed by atoms with Gasteiger partial charge in [0.25, 0.3) is 0 Å². The summed E-state index contributed by atoms with van der Waals surface area (Å²) in [6.07, 6.45) is 4.02. The maximum Gasteiger partial charge on any atom is 0.0106 e. The number of hydrogen-bond acceptors (Lipinski definition) is 1. The molecule has 0 amide bonds. The van der Waals surface area contributed by atoms with Gasteiger partial charge >= 0.3 is 0 Å². The summed E-state index contributed by atoms with van der Waals surface area (Å²) >= 11 is 0. The summed E-state index contributed by atoms with van der Waals surface area (Å²) in [5, 5.41) is 3.74. The van der Waals surface area contributed by atoms with E-state index >= 15 is 0 Å². The summed E-state index contributed by atoms with van der Waals surface area (Å²) in [6.45, 7) is 20.1. The topological polar surface area (TPSA) is 12.0 Å². The molecule has 108 valence electrons. The molecule has 0 spiro atoms. The van der Waals surface area contributed by atoms with Crippen LogP contribution in [-0.4, -0.2) is 12.6 Å². The Morgan fingerprint density at radius 2 is 1.56 bits per heavy atom. The first kappa shape index (κ1) is 16.0. The lowest BCUT2D eigenvalue weighted by Gasteiger charge is -2.23. The fraction of sp³-hybridized carbons (Fsp3) is 1.00. The highest BCUT2D eigenvalue weighted by Crippen LogP contribution is 2.70. The van der Waals surface area contributed by atoms with Crippen molar-refractivity contribution in [3.63, 3.8) is 0 Å². The standard InChI is InChI=1S/C17H35N/c1-9-18-13(11-10-12-15(2,3)4)14-16(5,6)17(14,7)8/h13-14,18H,9-12H2,1-8H3. The Hall–Kier alpha value is -0.0400. The Labute approximate surface area is 115 Å². The monoisotopic (exact) mass is 253 g/mol. The summed E-state index contributed by atoms with van der Waals surface area (Å²) in [5.41, 5.74) is 1.48. The van der Waals surface area contributed by atoms with Gasteiger partial charge in [-0.3, -0.25) is 0 Å². The molecule has 0 radical (unpaired) electrons. The van der Waals surface area contributed by atoms with Gasteiger partial charge in [-0.15, -0.1) is 0 Å². The normalized spacial score (nSPS) is 24.0. The minimum absolute atomic E-state index is 0.478. The van der Waals surface area contributed by atoms with Crippen LogP contribution in [0.3, 0.4) is 0 Å². The molecule has 1 aliphatic rings. The van der Waals surface area contributed by atoms with E-state index in [2.05, 4.69) is 60.7 Å². The molecule has 1 aliphatic carbocycles. The maximum absolute atomic E-state index is 3.74. The van der Waals surface area contributed by atoms with Gasteiger partial charge in [0.2, 0.25) is 0 Å². The number of nitrogens with one attached hydrogen (secondary N) is 1. The molecule has 1 fully saturated rings. The van der Waals surface area contributed by atoms with Gasteiger partial charge in [0, 0.05) is 6.04 Å². The summed E-state index contributed by atoms with van der Waals surface area (Å²) in [6, 6.07) is 0.711. The Morgan fingerprint density at radius 3 is 1.89 bits per heavy atom. The third-order valence-corrected chi connectivity index (χ3v) is 5.44. The van der Waals surface area contributed by atoms with Crippen molar-refractivity contribution in [3.05, 3.63) is 0 Å². The molecule has 1 unspecified atom stereocenters. The van der Waals surface area contributed by atoms with Gasteiger partial charge in [-0.1, -0.05) is 61.8 Å². The molecule has 1 nitrogen and oxygen atoms in total. The molecule has 0 aromatic heterocycles. The summed E-state index contributed by atoms with van der Waals surface area (Å²) in [4.78, 5) is 0. The second kappa shape index (κ2) is 5.15. The second-order valence-corrected chi connectivity index (χ2v) is 8.54. The van der Waals surface area contributed by atoms with Crippen LogP contribution in [0.25, 0.3) is 0 Å². The van der Waals surface area contributed by atoms with Gasteiger partial charge in [0.1, 0.15) is 0 Å². The lowest BCUT2D eigenvalue weighted by molar-refractivity contribution is 0.319. The van der Waals surface area contributed by atoms with Crippen LogP contribution in [0.5, 0.6) is 0 Å². The van der Waals surface area contributed by atoms with Gasteiger partial charge in [0.05, 0.1) is 0 Å². The molecular weight excluding hydrogens is 218 g/mol. The molecule has 0 aliphatic heterocycles. The highest BCUT2D eigenvalue weighted by Gasteiger charge is 2.66.